The van der Waals surface area contributed by atoms with Gasteiger partial charge in [-0.25, -0.2) is 9.59 Å². The van der Waals surface area contributed by atoms with Crippen molar-refractivity contribution in [2.24, 2.45) is 5.92 Å². The van der Waals surface area contributed by atoms with Crippen molar-refractivity contribution >= 4 is 30.1 Å². The fraction of sp³-hybridized carbons (Fsp3) is 0.630. The van der Waals surface area contributed by atoms with Gasteiger partial charge in [0.25, 0.3) is 0 Å². The van der Waals surface area contributed by atoms with Crippen LogP contribution in [0.5, 0.6) is 17.2 Å². The van der Waals surface area contributed by atoms with Crippen molar-refractivity contribution in [3.05, 3.63) is 52.1 Å². The number of carbonyl (C=O) groups is 5. The van der Waals surface area contributed by atoms with Gasteiger partial charge in [-0.3, -0.25) is 19.3 Å². The van der Waals surface area contributed by atoms with E-state index in [0.717, 1.165) is 22.3 Å². The number of nitrogens with zero attached hydrogens (tertiary/aromatic N) is 2. The van der Waals surface area contributed by atoms with E-state index in [2.05, 4.69) is 0 Å². The van der Waals surface area contributed by atoms with Crippen LogP contribution in [0, 0.1) is 12.8 Å². The smallest absolute Gasteiger partial charge is 0.410 e. The molecule has 2 aromatic carbocycles. The van der Waals surface area contributed by atoms with E-state index < -0.39 is 65.5 Å². The van der Waals surface area contributed by atoms with Crippen molar-refractivity contribution in [3.8, 4) is 17.2 Å². The number of methoxy groups -OCH3 is 3. The molecular weight excluding hydrogens is 789 g/mol. The molecule has 0 saturated carbocycles. The molecule has 2 aromatic rings. The topological polar surface area (TPSA) is 166 Å². The number of amides is 2. The summed E-state index contributed by atoms with van der Waals surface area (Å²) >= 11 is 0. The average molecular weight is 857 g/mol. The van der Waals surface area contributed by atoms with Crippen LogP contribution in [0.2, 0.25) is 0 Å². The Hall–Kier alpha value is -5.21. The highest BCUT2D eigenvalue weighted by atomic mass is 16.6. The zero-order valence-electron chi connectivity index (χ0n) is 39.0. The van der Waals surface area contributed by atoms with Crippen LogP contribution in [0.1, 0.15) is 129 Å². The summed E-state index contributed by atoms with van der Waals surface area (Å²) in [6.45, 7) is 23.8. The second-order valence-corrected chi connectivity index (χ2v) is 17.9. The van der Waals surface area contributed by atoms with Crippen LogP contribution in [-0.2, 0) is 50.9 Å². The Kier molecular flexibility index (Phi) is 17.3. The summed E-state index contributed by atoms with van der Waals surface area (Å²) in [6, 6.07) is 6.02. The van der Waals surface area contributed by atoms with Crippen LogP contribution in [-0.4, -0.2) is 104 Å². The van der Waals surface area contributed by atoms with E-state index in [1.165, 1.54) is 4.90 Å². The quantitative estimate of drug-likeness (QED) is 0.121. The third-order valence-electron chi connectivity index (χ3n) is 9.45. The van der Waals surface area contributed by atoms with Gasteiger partial charge in [-0.05, 0) is 149 Å². The van der Waals surface area contributed by atoms with Crippen LogP contribution in [0.3, 0.4) is 0 Å². The molecule has 2 aliphatic heterocycles. The van der Waals surface area contributed by atoms with Gasteiger partial charge in [-0.1, -0.05) is 6.07 Å². The average Bonchev–Trinajstić information content (AvgIpc) is 3.12. The summed E-state index contributed by atoms with van der Waals surface area (Å²) < 4.78 is 43.7. The van der Waals surface area contributed by atoms with Crippen molar-refractivity contribution in [3.63, 3.8) is 0 Å². The number of rotatable bonds is 11. The molecule has 0 aliphatic carbocycles. The molecule has 4 rings (SSSR count). The molecule has 0 N–H and O–H groups in total. The molecule has 2 heterocycles. The minimum atomic E-state index is -1.38. The van der Waals surface area contributed by atoms with Crippen LogP contribution in [0.4, 0.5) is 9.59 Å². The first-order valence-electron chi connectivity index (χ1n) is 20.8. The summed E-state index contributed by atoms with van der Waals surface area (Å²) in [7, 11) is 4.69. The second-order valence-electron chi connectivity index (χ2n) is 17.9. The first-order valence-corrected chi connectivity index (χ1v) is 20.8. The number of fused-ring (bicyclic) bond motifs is 2. The van der Waals surface area contributed by atoms with Crippen molar-refractivity contribution in [1.82, 2.24) is 9.80 Å². The number of esters is 3. The Morgan fingerprint density at radius 1 is 0.607 bits per heavy atom. The Morgan fingerprint density at radius 3 is 1.49 bits per heavy atom. The third kappa shape index (κ3) is 13.9. The Labute approximate surface area is 361 Å². The summed E-state index contributed by atoms with van der Waals surface area (Å²) in [4.78, 5) is 67.9. The molecule has 2 atom stereocenters. The van der Waals surface area contributed by atoms with Gasteiger partial charge in [0.2, 0.25) is 0 Å². The number of carbonyl (C=O) groups excluding carboxylic acids is 5. The maximum atomic E-state index is 13.2. The molecular formula is C46H68N2O13. The number of benzene rings is 2. The zero-order valence-corrected chi connectivity index (χ0v) is 39.0. The van der Waals surface area contributed by atoms with E-state index in [1.54, 1.807) is 94.6 Å². The van der Waals surface area contributed by atoms with Crippen molar-refractivity contribution in [1.29, 1.82) is 0 Å². The van der Waals surface area contributed by atoms with E-state index in [4.69, 9.17) is 37.9 Å². The summed E-state index contributed by atoms with van der Waals surface area (Å²) in [6.07, 6.45) is -0.968. The normalized spacial score (nSPS) is 16.2. The van der Waals surface area contributed by atoms with Gasteiger partial charge in [0, 0.05) is 13.1 Å². The third-order valence-corrected chi connectivity index (χ3v) is 9.45. The fourth-order valence-electron chi connectivity index (χ4n) is 7.13. The molecule has 0 aromatic heterocycles. The summed E-state index contributed by atoms with van der Waals surface area (Å²) in [5, 5.41) is 0. The molecule has 0 radical (unpaired) electrons. The van der Waals surface area contributed by atoms with Gasteiger partial charge in [0.1, 0.15) is 17.0 Å². The van der Waals surface area contributed by atoms with Gasteiger partial charge < -0.3 is 42.8 Å². The van der Waals surface area contributed by atoms with Crippen LogP contribution < -0.4 is 14.2 Å². The molecule has 0 spiro atoms. The van der Waals surface area contributed by atoms with Crippen molar-refractivity contribution in [2.45, 2.75) is 151 Å². The summed E-state index contributed by atoms with van der Waals surface area (Å²) in [5.74, 6) is -1.48. The zero-order chi connectivity index (χ0) is 46.1. The lowest BCUT2D eigenvalue weighted by Gasteiger charge is -2.40. The van der Waals surface area contributed by atoms with E-state index in [9.17, 15) is 24.0 Å². The number of aryl methyl sites for hydroxylation is 1. The molecule has 2 amide bonds. The number of hydrogen-bond acceptors (Lipinski definition) is 13. The predicted molar refractivity (Wildman–Crippen MR) is 228 cm³/mol. The summed E-state index contributed by atoms with van der Waals surface area (Å²) in [5.41, 5.74) is 2.97. The lowest BCUT2D eigenvalue weighted by Crippen LogP contribution is -2.50. The molecule has 340 valence electrons. The van der Waals surface area contributed by atoms with Gasteiger partial charge >= 0.3 is 30.1 Å². The first kappa shape index (κ1) is 50.1. The highest BCUT2D eigenvalue weighted by Crippen LogP contribution is 2.42. The highest BCUT2D eigenvalue weighted by Gasteiger charge is 2.48. The van der Waals surface area contributed by atoms with Gasteiger partial charge in [-0.2, -0.15) is 0 Å². The molecule has 15 nitrogen and oxygen atoms in total. The minimum Gasteiger partial charge on any atom is -0.496 e. The first-order chi connectivity index (χ1) is 28.3. The van der Waals surface area contributed by atoms with Gasteiger partial charge in [0.15, 0.2) is 17.4 Å². The van der Waals surface area contributed by atoms with E-state index in [0.29, 0.717) is 42.2 Å². The maximum Gasteiger partial charge on any atom is 0.410 e. The van der Waals surface area contributed by atoms with Crippen LogP contribution in [0.15, 0.2) is 24.3 Å². The second kappa shape index (κ2) is 21.0. The van der Waals surface area contributed by atoms with Crippen molar-refractivity contribution < 1.29 is 61.9 Å². The van der Waals surface area contributed by atoms with Gasteiger partial charge in [-0.15, -0.1) is 0 Å². The lowest BCUT2D eigenvalue weighted by molar-refractivity contribution is -0.170. The van der Waals surface area contributed by atoms with E-state index in [-0.39, 0.29) is 25.0 Å². The van der Waals surface area contributed by atoms with Gasteiger partial charge in [0.05, 0.1) is 58.1 Å². The SMILES string of the molecule is COc1cc2c(cc1C)CCN(C(=O)OC(C)(C)C)[C@@H]2C(C(=O)OC(C)C)C(=O)OC(C)C.COc1cc2c(cc1OC)[C@@H](CC(=O)OC(C)C)N(C(=O)OC(C)(C)C)CC2. The van der Waals surface area contributed by atoms with E-state index >= 15 is 0 Å². The molecule has 2 aliphatic rings. The standard InChI is InChI=1S/C25H37NO7.C21H31NO6/c1-14(2)31-22(27)20(23(28)32-15(3)4)21-18-13-19(30-9)16(5)12-17(18)10-11-26(21)24(29)33-25(6,7)8;1-13(2)27-19(23)12-16-15-11-18(26-7)17(25-6)10-14(15)8-9-22(16)20(24)28-21(3,4)5/h12-15,20-21H,10-11H2,1-9H3;10-11,13,16H,8-9,12H2,1-7H3/t21-;16-/m01/s1. The van der Waals surface area contributed by atoms with Crippen LogP contribution >= 0.6 is 0 Å². The number of ether oxygens (including phenoxy) is 8. The van der Waals surface area contributed by atoms with Crippen LogP contribution in [0.25, 0.3) is 0 Å². The molecule has 0 bridgehead atoms. The Balaban J connectivity index is 0.000000330. The largest absolute Gasteiger partial charge is 0.496 e. The fourth-order valence-corrected chi connectivity index (χ4v) is 7.13. The molecule has 15 heteroatoms. The highest BCUT2D eigenvalue weighted by molar-refractivity contribution is 5.97. The predicted octanol–water partition coefficient (Wildman–Crippen LogP) is 8.24. The molecule has 0 unspecified atom stereocenters. The monoisotopic (exact) mass is 856 g/mol. The minimum absolute atomic E-state index is 0.0416. The maximum absolute atomic E-state index is 13.2. The molecule has 0 fully saturated rings. The molecule has 61 heavy (non-hydrogen) atoms. The van der Waals surface area contributed by atoms with E-state index in [1.807, 2.05) is 45.9 Å². The molecule has 0 saturated heterocycles. The number of hydrogen-bond donors (Lipinski definition) is 0. The Morgan fingerprint density at radius 2 is 1.03 bits per heavy atom. The van der Waals surface area contributed by atoms with Crippen molar-refractivity contribution in [2.75, 3.05) is 34.4 Å². The lowest BCUT2D eigenvalue weighted by atomic mass is 9.83. The Bertz CT molecular complexity index is 1850.